The predicted molar refractivity (Wildman–Crippen MR) is 132 cm³/mol. The van der Waals surface area contributed by atoms with Gasteiger partial charge in [0.15, 0.2) is 0 Å². The molecule has 2 saturated carbocycles. The van der Waals surface area contributed by atoms with E-state index in [1.54, 1.807) is 12.2 Å². The summed E-state index contributed by atoms with van der Waals surface area (Å²) in [6.45, 7) is 15.0. The summed E-state index contributed by atoms with van der Waals surface area (Å²) in [6.07, 6.45) is 6.95. The van der Waals surface area contributed by atoms with Gasteiger partial charge in [-0.15, -0.1) is 0 Å². The van der Waals surface area contributed by atoms with Crippen LogP contribution in [-0.2, 0) is 14.4 Å². The molecule has 0 aromatic rings. The Morgan fingerprint density at radius 2 is 1.47 bits per heavy atom. The van der Waals surface area contributed by atoms with Crippen molar-refractivity contribution in [1.29, 1.82) is 0 Å². The smallest absolute Gasteiger partial charge is 0.870 e. The van der Waals surface area contributed by atoms with Crippen molar-refractivity contribution in [2.75, 3.05) is 13.1 Å². The Kier molecular flexibility index (Phi) is 21.2. The molecule has 4 atom stereocenters. The van der Waals surface area contributed by atoms with Gasteiger partial charge in [-0.25, -0.2) is 25.4 Å². The monoisotopic (exact) mass is 679 g/mol. The van der Waals surface area contributed by atoms with Crippen LogP contribution in [0.4, 0.5) is 4.79 Å². The number of rotatable bonds is 6. The van der Waals surface area contributed by atoms with Crippen molar-refractivity contribution in [2.45, 2.75) is 99.1 Å². The van der Waals surface area contributed by atoms with Crippen LogP contribution >= 0.6 is 0 Å². The number of nitrogens with two attached hydrogens (primary N) is 1. The molecule has 2 amide bonds. The molecule has 0 radical (unpaired) electrons. The molecule has 206 valence electrons. The van der Waals surface area contributed by atoms with Gasteiger partial charge in [-0.1, -0.05) is 41.5 Å². The van der Waals surface area contributed by atoms with Gasteiger partial charge < -0.3 is 20.7 Å². The first-order valence-electron chi connectivity index (χ1n) is 12.0. The van der Waals surface area contributed by atoms with E-state index in [9.17, 15) is 24.3 Å². The first-order valence-corrected chi connectivity index (χ1v) is 12.0. The van der Waals surface area contributed by atoms with Gasteiger partial charge in [-0.2, -0.15) is 0 Å². The van der Waals surface area contributed by atoms with E-state index in [0.717, 1.165) is 32.1 Å². The fourth-order valence-corrected chi connectivity index (χ4v) is 6.63. The minimum Gasteiger partial charge on any atom is -0.870 e. The summed E-state index contributed by atoms with van der Waals surface area (Å²) >= 11 is 0. The molecule has 2 fully saturated rings. The number of carbonyl (C=O) groups excluding carboxylic acids is 4. The second kappa shape index (κ2) is 18.5. The van der Waals surface area contributed by atoms with E-state index in [2.05, 4.69) is 49.9 Å². The first kappa shape index (κ1) is 43.5. The Morgan fingerprint density at radius 1 is 0.947 bits per heavy atom. The molecule has 38 heavy (non-hydrogen) atoms. The molecule has 0 aromatic heterocycles. The summed E-state index contributed by atoms with van der Waals surface area (Å²) in [6, 6.07) is -0.146. The van der Waals surface area contributed by atoms with Crippen molar-refractivity contribution in [3.63, 3.8) is 0 Å². The molecular weight excluding hydrogens is 637 g/mol. The van der Waals surface area contributed by atoms with Crippen LogP contribution in [0.2, 0.25) is 0 Å². The van der Waals surface area contributed by atoms with Gasteiger partial charge in [-0.05, 0) is 60.2 Å². The molecule has 0 bridgehead atoms. The Balaban J connectivity index is -0.000000605. The Hall–Kier alpha value is 1.03. The van der Waals surface area contributed by atoms with Crippen molar-refractivity contribution in [2.24, 2.45) is 37.5 Å². The molecule has 2 rings (SSSR count). The van der Waals surface area contributed by atoms with Gasteiger partial charge >= 0.3 is 116 Å². The number of isocyanates is 2. The molecule has 2 aliphatic carbocycles. The zero-order chi connectivity index (χ0) is 27.1. The number of hydrogen-bond donors (Lipinski definition) is 2. The number of nitrogens with zero attached hydrogens (tertiary/aromatic N) is 3. The summed E-state index contributed by atoms with van der Waals surface area (Å²) < 4.78 is 0. The van der Waals surface area contributed by atoms with E-state index in [1.165, 1.54) is 11.9 Å². The summed E-state index contributed by atoms with van der Waals surface area (Å²) in [5, 5.41) is 14.4. The van der Waals surface area contributed by atoms with Gasteiger partial charge in [0.2, 0.25) is 18.1 Å². The molecule has 13 heteroatoms. The summed E-state index contributed by atoms with van der Waals surface area (Å²) in [7, 11) is 0. The second-order valence-corrected chi connectivity index (χ2v) is 12.7. The number of aliphatic imine (C=N–C) groups is 2. The van der Waals surface area contributed by atoms with Crippen molar-refractivity contribution in [3.8, 4) is 0 Å². The third-order valence-electron chi connectivity index (χ3n) is 6.90. The minimum atomic E-state index is -1.25. The molecule has 2 aliphatic rings. The van der Waals surface area contributed by atoms with Gasteiger partial charge in [0.1, 0.15) is 6.09 Å². The number of carboxylic acid groups (broad SMARTS) is 1. The van der Waals surface area contributed by atoms with Crippen molar-refractivity contribution in [1.82, 2.24) is 10.3 Å². The van der Waals surface area contributed by atoms with E-state index in [-0.39, 0.29) is 162 Å². The van der Waals surface area contributed by atoms with Crippen LogP contribution in [0.25, 0.3) is 0 Å². The molecule has 0 spiro atoms. The molecule has 0 saturated heterocycles. The Morgan fingerprint density at radius 3 is 1.95 bits per heavy atom. The molecule has 0 aliphatic heterocycles. The van der Waals surface area contributed by atoms with Crippen LogP contribution in [0.3, 0.4) is 0 Å². The molecular formula is C25H43N5O6Rb2. The maximum Gasteiger partial charge on any atom is 1.00 e. The fourth-order valence-electron chi connectivity index (χ4n) is 6.63. The van der Waals surface area contributed by atoms with Gasteiger partial charge in [-0.3, -0.25) is 9.80 Å². The molecule has 4 unspecified atom stereocenters. The van der Waals surface area contributed by atoms with Crippen LogP contribution in [0.5, 0.6) is 0 Å². The average Bonchev–Trinajstić information content (AvgIpc) is 2.63. The molecule has 0 heterocycles. The summed E-state index contributed by atoms with van der Waals surface area (Å²) in [5.74, 6) is 5.52. The molecule has 4 N–H and O–H groups in total. The fraction of sp³-hybridized carbons (Fsp3) is 0.840. The van der Waals surface area contributed by atoms with E-state index >= 15 is 0 Å². The first-order chi connectivity index (χ1) is 15.9. The summed E-state index contributed by atoms with van der Waals surface area (Å²) in [5.41, 5.74) is -0.145. The largest absolute Gasteiger partial charge is 1.00 e. The topological polar surface area (TPSA) is 187 Å². The number of amides is 2. The van der Waals surface area contributed by atoms with Crippen molar-refractivity contribution < 1.29 is 146 Å². The quantitative estimate of drug-likeness (QED) is 0.0950. The van der Waals surface area contributed by atoms with Crippen LogP contribution in [0, 0.1) is 21.7 Å². The standard InChI is InChI=1S/C13H25N3O3.C12H18N2O2.H2O.2Rb/c1-9(17)16(14)8-13(4)6-10(15-11(18)19)5-12(2,3)7-13;1-11(2)4-10(14-9-16)5-12(3,6-11)7-13-8-15;;;/h10,15H,5-8,14H2,1-4H3,(H,18,19);10H,4-7H2,1-3H3;1H2;;/q;;;2*+1/p-2. The van der Waals surface area contributed by atoms with Gasteiger partial charge in [0, 0.05) is 19.5 Å². The summed E-state index contributed by atoms with van der Waals surface area (Å²) in [4.78, 5) is 50.0. The molecule has 11 nitrogen and oxygen atoms in total. The molecule has 0 aromatic carbocycles. The second-order valence-electron chi connectivity index (χ2n) is 12.7. The number of hydrazine groups is 1. The van der Waals surface area contributed by atoms with Gasteiger partial charge in [0.05, 0.1) is 12.6 Å². The van der Waals surface area contributed by atoms with E-state index in [4.69, 9.17) is 5.84 Å². The van der Waals surface area contributed by atoms with Crippen LogP contribution < -0.4 is 133 Å². The third-order valence-corrected chi connectivity index (χ3v) is 6.90. The maximum absolute atomic E-state index is 11.3. The van der Waals surface area contributed by atoms with Crippen molar-refractivity contribution in [3.05, 3.63) is 0 Å². The van der Waals surface area contributed by atoms with E-state index in [1.807, 2.05) is 6.92 Å². The van der Waals surface area contributed by atoms with E-state index < -0.39 is 6.09 Å². The SMILES string of the molecule is CC(=O)N(N)CC1(C)CC(NC(=O)[O-])CC(C)(C)C1.CC1(C)CC(N=C=O)CC(C)(CN=C=O)C1.[OH-].[Rb+].[Rb+]. The maximum atomic E-state index is 11.3. The van der Waals surface area contributed by atoms with Gasteiger partial charge in [0.25, 0.3) is 0 Å². The van der Waals surface area contributed by atoms with Crippen molar-refractivity contribution >= 4 is 24.2 Å². The normalized spacial score (nSPS) is 28.4. The average molecular weight is 681 g/mol. The minimum absolute atomic E-state index is 0. The zero-order valence-corrected chi connectivity index (χ0v) is 34.6. The van der Waals surface area contributed by atoms with Crippen LogP contribution in [0.1, 0.15) is 87.0 Å². The van der Waals surface area contributed by atoms with Crippen LogP contribution in [-0.4, -0.2) is 59.8 Å². The van der Waals surface area contributed by atoms with E-state index in [0.29, 0.717) is 19.5 Å². The number of nitrogens with one attached hydrogen (secondary N) is 1. The Labute approximate surface area is 324 Å². The predicted octanol–water partition coefficient (Wildman–Crippen LogP) is -3.70. The number of carbonyl (C=O) groups is 2. The zero-order valence-electron chi connectivity index (χ0n) is 24.7. The Bertz CT molecular complexity index is 876. The number of hydrogen-bond acceptors (Lipinski definition) is 9. The van der Waals surface area contributed by atoms with Crippen LogP contribution in [0.15, 0.2) is 9.98 Å². The third kappa shape index (κ3) is 16.5.